The second-order valence-corrected chi connectivity index (χ2v) is 5.23. The molecule has 0 unspecified atom stereocenters. The molecule has 1 heterocycles. The van der Waals surface area contributed by atoms with Crippen molar-refractivity contribution in [2.75, 3.05) is 7.11 Å². The monoisotopic (exact) mass is 266 g/mol. The minimum atomic E-state index is 0.117. The van der Waals surface area contributed by atoms with Crippen molar-refractivity contribution in [1.82, 2.24) is 10.5 Å². The summed E-state index contributed by atoms with van der Waals surface area (Å²) in [5.41, 5.74) is 1.83. The van der Waals surface area contributed by atoms with Crippen molar-refractivity contribution in [3.05, 3.63) is 17.0 Å². The van der Waals surface area contributed by atoms with Gasteiger partial charge in [0.05, 0.1) is 11.8 Å². The van der Waals surface area contributed by atoms with Crippen LogP contribution < -0.4 is 5.32 Å². The van der Waals surface area contributed by atoms with Crippen molar-refractivity contribution in [2.24, 2.45) is 5.92 Å². The van der Waals surface area contributed by atoms with Gasteiger partial charge in [0, 0.05) is 25.1 Å². The van der Waals surface area contributed by atoms with Gasteiger partial charge in [0.1, 0.15) is 5.76 Å². The number of amides is 1. The number of rotatable bonds is 4. The highest BCUT2D eigenvalue weighted by Crippen LogP contribution is 2.26. The van der Waals surface area contributed by atoms with Gasteiger partial charge in [0.25, 0.3) is 0 Å². The number of hydrogen-bond donors (Lipinski definition) is 1. The molecule has 1 saturated carbocycles. The predicted octanol–water partition coefficient (Wildman–Crippen LogP) is 2.11. The summed E-state index contributed by atoms with van der Waals surface area (Å²) in [7, 11) is 1.74. The maximum atomic E-state index is 12.1. The van der Waals surface area contributed by atoms with Gasteiger partial charge < -0.3 is 14.6 Å². The Balaban J connectivity index is 1.82. The first kappa shape index (κ1) is 14.1. The zero-order chi connectivity index (χ0) is 13.8. The molecule has 0 spiro atoms. The van der Waals surface area contributed by atoms with Crippen LogP contribution in [0.25, 0.3) is 0 Å². The molecule has 2 rings (SSSR count). The molecule has 0 aromatic carbocycles. The zero-order valence-corrected chi connectivity index (χ0v) is 11.9. The first-order valence-corrected chi connectivity index (χ1v) is 6.84. The average molecular weight is 266 g/mol. The quantitative estimate of drug-likeness (QED) is 0.906. The van der Waals surface area contributed by atoms with Crippen LogP contribution in [0.5, 0.6) is 0 Å². The summed E-state index contributed by atoms with van der Waals surface area (Å²) in [4.78, 5) is 12.1. The number of nitrogens with zero attached hydrogens (tertiary/aromatic N) is 1. The lowest BCUT2D eigenvalue weighted by atomic mass is 9.87. The Labute approximate surface area is 113 Å². The molecule has 1 aromatic rings. The van der Waals surface area contributed by atoms with Crippen molar-refractivity contribution in [1.29, 1.82) is 0 Å². The van der Waals surface area contributed by atoms with E-state index >= 15 is 0 Å². The standard InChI is InChI=1S/C14H22N2O3/c1-9-13(10(2)19-16-9)8-15-14(17)11-4-6-12(18-3)7-5-11/h11-12H,4-8H2,1-3H3,(H,15,17). The van der Waals surface area contributed by atoms with Gasteiger partial charge in [0.15, 0.2) is 0 Å². The van der Waals surface area contributed by atoms with Crippen LogP contribution in [0.3, 0.4) is 0 Å². The summed E-state index contributed by atoms with van der Waals surface area (Å²) in [5, 5.41) is 6.87. The summed E-state index contributed by atoms with van der Waals surface area (Å²) in [6, 6.07) is 0. The average Bonchev–Trinajstić information content (AvgIpc) is 2.75. The van der Waals surface area contributed by atoms with Gasteiger partial charge in [-0.2, -0.15) is 0 Å². The molecule has 0 aliphatic heterocycles. The van der Waals surface area contributed by atoms with Crippen molar-refractivity contribution in [2.45, 2.75) is 52.2 Å². The number of hydrogen-bond acceptors (Lipinski definition) is 4. The van der Waals surface area contributed by atoms with Crippen LogP contribution in [0.1, 0.15) is 42.7 Å². The molecule has 5 nitrogen and oxygen atoms in total. The van der Waals surface area contributed by atoms with Crippen molar-refractivity contribution in [3.8, 4) is 0 Å². The lowest BCUT2D eigenvalue weighted by Crippen LogP contribution is -2.34. The van der Waals surface area contributed by atoms with Crippen LogP contribution in [0.4, 0.5) is 0 Å². The lowest BCUT2D eigenvalue weighted by molar-refractivity contribution is -0.126. The fourth-order valence-corrected chi connectivity index (χ4v) is 2.63. The minimum Gasteiger partial charge on any atom is -0.381 e. The number of ether oxygens (including phenoxy) is 1. The Morgan fingerprint density at radius 2 is 2.05 bits per heavy atom. The molecular weight excluding hydrogens is 244 g/mol. The highest BCUT2D eigenvalue weighted by molar-refractivity contribution is 5.78. The van der Waals surface area contributed by atoms with Crippen molar-refractivity contribution in [3.63, 3.8) is 0 Å². The van der Waals surface area contributed by atoms with E-state index in [2.05, 4.69) is 10.5 Å². The van der Waals surface area contributed by atoms with Crippen LogP contribution in [-0.2, 0) is 16.1 Å². The normalized spacial score (nSPS) is 23.3. The van der Waals surface area contributed by atoms with E-state index in [0.717, 1.165) is 42.7 Å². The second-order valence-electron chi connectivity index (χ2n) is 5.23. The molecule has 0 bridgehead atoms. The molecule has 106 valence electrons. The molecule has 1 aliphatic carbocycles. The first-order chi connectivity index (χ1) is 9.11. The summed E-state index contributed by atoms with van der Waals surface area (Å²) in [6.45, 7) is 4.26. The Bertz CT molecular complexity index is 414. The van der Waals surface area contributed by atoms with Gasteiger partial charge in [0.2, 0.25) is 5.91 Å². The number of aryl methyl sites for hydroxylation is 2. The van der Waals surface area contributed by atoms with Crippen LogP contribution in [0.2, 0.25) is 0 Å². The minimum absolute atomic E-state index is 0.117. The fraction of sp³-hybridized carbons (Fsp3) is 0.714. The highest BCUT2D eigenvalue weighted by atomic mass is 16.5. The van der Waals surface area contributed by atoms with E-state index in [4.69, 9.17) is 9.26 Å². The second kappa shape index (κ2) is 6.19. The largest absolute Gasteiger partial charge is 0.381 e. The fourth-order valence-electron chi connectivity index (χ4n) is 2.63. The van der Waals surface area contributed by atoms with Gasteiger partial charge in [-0.1, -0.05) is 5.16 Å². The highest BCUT2D eigenvalue weighted by Gasteiger charge is 2.26. The van der Waals surface area contributed by atoms with Crippen LogP contribution in [0, 0.1) is 19.8 Å². The van der Waals surface area contributed by atoms with E-state index in [1.165, 1.54) is 0 Å². The van der Waals surface area contributed by atoms with Crippen LogP contribution in [-0.4, -0.2) is 24.3 Å². The van der Waals surface area contributed by atoms with Gasteiger partial charge in [-0.3, -0.25) is 4.79 Å². The Hall–Kier alpha value is -1.36. The summed E-state index contributed by atoms with van der Waals surface area (Å²) < 4.78 is 10.4. The van der Waals surface area contributed by atoms with E-state index in [-0.39, 0.29) is 11.8 Å². The van der Waals surface area contributed by atoms with Gasteiger partial charge >= 0.3 is 0 Å². The number of methoxy groups -OCH3 is 1. The number of carbonyl (C=O) groups is 1. The van der Waals surface area contributed by atoms with Crippen LogP contribution >= 0.6 is 0 Å². The van der Waals surface area contributed by atoms with Crippen molar-refractivity contribution < 1.29 is 14.1 Å². The Morgan fingerprint density at radius 3 is 2.58 bits per heavy atom. The number of aromatic nitrogens is 1. The SMILES string of the molecule is COC1CCC(C(=O)NCc2c(C)noc2C)CC1. The molecule has 5 heteroatoms. The molecule has 0 atom stereocenters. The summed E-state index contributed by atoms with van der Waals surface area (Å²) in [6.07, 6.45) is 4.09. The third kappa shape index (κ3) is 3.35. The Kier molecular flexibility index (Phi) is 4.58. The van der Waals surface area contributed by atoms with E-state index in [1.54, 1.807) is 7.11 Å². The molecule has 0 saturated heterocycles. The smallest absolute Gasteiger partial charge is 0.223 e. The molecule has 1 amide bonds. The third-order valence-electron chi connectivity index (χ3n) is 4.00. The zero-order valence-electron chi connectivity index (χ0n) is 11.9. The van der Waals surface area contributed by atoms with Crippen molar-refractivity contribution >= 4 is 5.91 Å². The van der Waals surface area contributed by atoms with E-state index in [1.807, 2.05) is 13.8 Å². The topological polar surface area (TPSA) is 64.4 Å². The van der Waals surface area contributed by atoms with Gasteiger partial charge in [-0.05, 0) is 39.5 Å². The van der Waals surface area contributed by atoms with E-state index < -0.39 is 0 Å². The molecule has 1 aliphatic rings. The molecule has 1 aromatic heterocycles. The molecule has 0 radical (unpaired) electrons. The molecule has 19 heavy (non-hydrogen) atoms. The third-order valence-corrected chi connectivity index (χ3v) is 4.00. The predicted molar refractivity (Wildman–Crippen MR) is 70.6 cm³/mol. The maximum Gasteiger partial charge on any atom is 0.223 e. The molecule has 1 fully saturated rings. The number of carbonyl (C=O) groups excluding carboxylic acids is 1. The van der Waals surface area contributed by atoms with Gasteiger partial charge in [-0.15, -0.1) is 0 Å². The lowest BCUT2D eigenvalue weighted by Gasteiger charge is -2.26. The van der Waals surface area contributed by atoms with Gasteiger partial charge in [-0.25, -0.2) is 0 Å². The summed E-state index contributed by atoms with van der Waals surface area (Å²) >= 11 is 0. The van der Waals surface area contributed by atoms with E-state index in [9.17, 15) is 4.79 Å². The molecule has 1 N–H and O–H groups in total. The molecular formula is C14H22N2O3. The first-order valence-electron chi connectivity index (χ1n) is 6.84. The summed E-state index contributed by atoms with van der Waals surface area (Å²) in [5.74, 6) is 1.03. The van der Waals surface area contributed by atoms with Crippen LogP contribution in [0.15, 0.2) is 4.52 Å². The van der Waals surface area contributed by atoms with E-state index in [0.29, 0.717) is 12.6 Å². The Morgan fingerprint density at radius 1 is 1.37 bits per heavy atom. The maximum absolute atomic E-state index is 12.1. The number of nitrogens with one attached hydrogen (secondary N) is 1.